The largest absolute Gasteiger partial charge is 0.419 e. The molecule has 0 spiro atoms. The summed E-state index contributed by atoms with van der Waals surface area (Å²) in [4.78, 5) is 31.1. The molecule has 2 aliphatic rings. The summed E-state index contributed by atoms with van der Waals surface area (Å²) in [6.07, 6.45) is 1.08. The van der Waals surface area contributed by atoms with Crippen LogP contribution in [-0.2, 0) is 9.59 Å². The Morgan fingerprint density at radius 3 is 2.59 bits per heavy atom. The standard InChI is InChI=1S/C20H17N3O4/c1-23-11-10-21-20(23)22-15-12-17(24)26-16-9-5-8-14(18(16)27-19(15)25)13-6-3-2-4-7-13/h2-9,12H,10-11H2,1H3,(H,21,22)/b15-12+. The highest BCUT2D eigenvalue weighted by Gasteiger charge is 2.26. The molecule has 0 atom stereocenters. The molecule has 27 heavy (non-hydrogen) atoms. The van der Waals surface area contributed by atoms with Gasteiger partial charge in [-0.3, -0.25) is 4.99 Å². The Kier molecular flexibility index (Phi) is 4.33. The Balaban J connectivity index is 1.71. The number of likely N-dealkylation sites (N-methyl/N-ethyl adjacent to an activating group) is 1. The molecule has 7 nitrogen and oxygen atoms in total. The summed E-state index contributed by atoms with van der Waals surface area (Å²) >= 11 is 0. The number of fused-ring (bicyclic) bond motifs is 1. The number of hydrogen-bond acceptors (Lipinski definition) is 7. The van der Waals surface area contributed by atoms with Crippen LogP contribution in [0.3, 0.4) is 0 Å². The Bertz CT molecular complexity index is 966. The minimum atomic E-state index is -0.681. The number of carbonyl (C=O) groups is 2. The van der Waals surface area contributed by atoms with Gasteiger partial charge in [0.2, 0.25) is 0 Å². The van der Waals surface area contributed by atoms with Crippen LogP contribution in [0.5, 0.6) is 11.5 Å². The molecular weight excluding hydrogens is 346 g/mol. The number of hydrogen-bond donors (Lipinski definition) is 1. The molecule has 0 saturated carbocycles. The van der Waals surface area contributed by atoms with Gasteiger partial charge in [0, 0.05) is 19.2 Å². The lowest BCUT2D eigenvalue weighted by Crippen LogP contribution is -2.39. The Morgan fingerprint density at radius 1 is 1.04 bits per heavy atom. The third kappa shape index (κ3) is 3.39. The molecule has 2 heterocycles. The predicted molar refractivity (Wildman–Crippen MR) is 99.3 cm³/mol. The maximum absolute atomic E-state index is 12.7. The van der Waals surface area contributed by atoms with E-state index in [0.717, 1.165) is 18.2 Å². The summed E-state index contributed by atoms with van der Waals surface area (Å²) in [5.41, 5.74) is 1.48. The fourth-order valence-corrected chi connectivity index (χ4v) is 2.88. The van der Waals surface area contributed by atoms with Crippen LogP contribution in [0.15, 0.2) is 65.3 Å². The van der Waals surface area contributed by atoms with Crippen molar-refractivity contribution >= 4 is 17.9 Å². The van der Waals surface area contributed by atoms with Gasteiger partial charge in [0.15, 0.2) is 17.5 Å². The molecule has 0 aromatic heterocycles. The van der Waals surface area contributed by atoms with Crippen LogP contribution >= 0.6 is 0 Å². The van der Waals surface area contributed by atoms with Crippen molar-refractivity contribution < 1.29 is 19.1 Å². The van der Waals surface area contributed by atoms with E-state index >= 15 is 0 Å². The van der Waals surface area contributed by atoms with Crippen molar-refractivity contribution in [3.05, 3.63) is 60.3 Å². The molecular formula is C20H17N3O4. The molecule has 0 unspecified atom stereocenters. The molecule has 7 heteroatoms. The first-order chi connectivity index (χ1) is 13.1. The lowest BCUT2D eigenvalue weighted by atomic mass is 10.0. The van der Waals surface area contributed by atoms with Crippen molar-refractivity contribution in [3.63, 3.8) is 0 Å². The Hall–Kier alpha value is -3.61. The van der Waals surface area contributed by atoms with Crippen LogP contribution in [0.2, 0.25) is 0 Å². The predicted octanol–water partition coefficient (Wildman–Crippen LogP) is 1.95. The maximum atomic E-state index is 12.7. The van der Waals surface area contributed by atoms with E-state index in [4.69, 9.17) is 9.47 Å². The van der Waals surface area contributed by atoms with Crippen LogP contribution < -0.4 is 14.8 Å². The molecule has 4 rings (SSSR count). The van der Waals surface area contributed by atoms with E-state index in [2.05, 4.69) is 10.3 Å². The van der Waals surface area contributed by atoms with Gasteiger partial charge in [-0.1, -0.05) is 42.5 Å². The zero-order valence-electron chi connectivity index (χ0n) is 14.6. The van der Waals surface area contributed by atoms with Gasteiger partial charge in [-0.05, 0) is 11.6 Å². The highest BCUT2D eigenvalue weighted by atomic mass is 16.6. The van der Waals surface area contributed by atoms with Crippen molar-refractivity contribution in [2.24, 2.45) is 4.99 Å². The molecule has 0 aliphatic carbocycles. The van der Waals surface area contributed by atoms with E-state index in [1.54, 1.807) is 12.1 Å². The zero-order chi connectivity index (χ0) is 18.8. The highest BCUT2D eigenvalue weighted by molar-refractivity contribution is 6.03. The number of aliphatic imine (C=N–C) groups is 1. The van der Waals surface area contributed by atoms with Crippen molar-refractivity contribution in [2.75, 3.05) is 20.1 Å². The van der Waals surface area contributed by atoms with E-state index in [9.17, 15) is 9.59 Å². The number of benzene rings is 2. The third-order valence-corrected chi connectivity index (χ3v) is 4.26. The van der Waals surface area contributed by atoms with Crippen LogP contribution in [0.4, 0.5) is 0 Å². The summed E-state index contributed by atoms with van der Waals surface area (Å²) < 4.78 is 11.0. The average Bonchev–Trinajstić information content (AvgIpc) is 3.07. The van der Waals surface area contributed by atoms with E-state index in [1.807, 2.05) is 48.3 Å². The zero-order valence-corrected chi connectivity index (χ0v) is 14.6. The van der Waals surface area contributed by atoms with E-state index in [1.165, 1.54) is 0 Å². The summed E-state index contributed by atoms with van der Waals surface area (Å²) in [5, 5.41) is 2.87. The number of ether oxygens (including phenoxy) is 2. The lowest BCUT2D eigenvalue weighted by Gasteiger charge is -2.20. The smallest absolute Gasteiger partial charge is 0.360 e. The third-order valence-electron chi connectivity index (χ3n) is 4.26. The summed E-state index contributed by atoms with van der Waals surface area (Å²) in [7, 11) is 1.84. The second kappa shape index (κ2) is 6.95. The van der Waals surface area contributed by atoms with Crippen molar-refractivity contribution in [1.29, 1.82) is 0 Å². The number of para-hydroxylation sites is 1. The van der Waals surface area contributed by atoms with Gasteiger partial charge >= 0.3 is 11.9 Å². The fourth-order valence-electron chi connectivity index (χ4n) is 2.88. The fraction of sp³-hybridized carbons (Fsp3) is 0.150. The van der Waals surface area contributed by atoms with Gasteiger partial charge in [0.05, 0.1) is 12.6 Å². The SMILES string of the molecule is CN1CCN=C1N/C1=C/C(=O)Oc2cccc(-c3ccccc3)c2OC1=O. The van der Waals surface area contributed by atoms with Gasteiger partial charge in [-0.15, -0.1) is 0 Å². The molecule has 2 aliphatic heterocycles. The second-order valence-electron chi connectivity index (χ2n) is 6.12. The number of guanidine groups is 1. The highest BCUT2D eigenvalue weighted by Crippen LogP contribution is 2.39. The van der Waals surface area contributed by atoms with Crippen molar-refractivity contribution in [1.82, 2.24) is 10.2 Å². The van der Waals surface area contributed by atoms with Crippen LogP contribution in [0.25, 0.3) is 11.1 Å². The topological polar surface area (TPSA) is 80.2 Å². The lowest BCUT2D eigenvalue weighted by molar-refractivity contribution is -0.134. The molecule has 0 radical (unpaired) electrons. The summed E-state index contributed by atoms with van der Waals surface area (Å²) in [5.74, 6) is -0.444. The first-order valence-corrected chi connectivity index (χ1v) is 8.48. The van der Waals surface area contributed by atoms with Gasteiger partial charge in [0.1, 0.15) is 5.70 Å². The van der Waals surface area contributed by atoms with Crippen LogP contribution in [-0.4, -0.2) is 42.9 Å². The van der Waals surface area contributed by atoms with Gasteiger partial charge in [0.25, 0.3) is 0 Å². The molecule has 1 N–H and O–H groups in total. The van der Waals surface area contributed by atoms with Crippen LogP contribution in [0, 0.1) is 0 Å². The monoisotopic (exact) mass is 363 g/mol. The van der Waals surface area contributed by atoms with Gasteiger partial charge in [-0.2, -0.15) is 0 Å². The Labute approximate surface area is 155 Å². The maximum Gasteiger partial charge on any atom is 0.360 e. The second-order valence-corrected chi connectivity index (χ2v) is 6.12. The Morgan fingerprint density at radius 2 is 1.85 bits per heavy atom. The summed E-state index contributed by atoms with van der Waals surface area (Å²) in [6, 6.07) is 14.6. The quantitative estimate of drug-likeness (QED) is 0.649. The normalized spacial score (nSPS) is 18.3. The minimum Gasteiger partial charge on any atom is -0.419 e. The molecule has 0 amide bonds. The van der Waals surface area contributed by atoms with Crippen LogP contribution in [0.1, 0.15) is 0 Å². The molecule has 2 aromatic carbocycles. The molecule has 2 aromatic rings. The molecule has 0 saturated heterocycles. The molecule has 0 fully saturated rings. The summed E-state index contributed by atoms with van der Waals surface area (Å²) in [6.45, 7) is 1.35. The molecule has 0 bridgehead atoms. The van der Waals surface area contributed by atoms with Gasteiger partial charge < -0.3 is 19.7 Å². The average molecular weight is 363 g/mol. The number of carbonyl (C=O) groups excluding carboxylic acids is 2. The first-order valence-electron chi connectivity index (χ1n) is 8.48. The van der Waals surface area contributed by atoms with E-state index < -0.39 is 11.9 Å². The van der Waals surface area contributed by atoms with Gasteiger partial charge in [-0.25, -0.2) is 9.59 Å². The number of nitrogens with one attached hydrogen (secondary N) is 1. The van der Waals surface area contributed by atoms with E-state index in [-0.39, 0.29) is 17.2 Å². The van der Waals surface area contributed by atoms with Crippen molar-refractivity contribution in [2.45, 2.75) is 0 Å². The first kappa shape index (κ1) is 16.8. The minimum absolute atomic E-state index is 0.0268. The number of nitrogens with zero attached hydrogens (tertiary/aromatic N) is 2. The number of rotatable bonds is 2. The van der Waals surface area contributed by atoms with Crippen molar-refractivity contribution in [3.8, 4) is 22.6 Å². The molecule has 136 valence electrons. The number of esters is 2. The van der Waals surface area contributed by atoms with E-state index in [0.29, 0.717) is 18.1 Å².